The van der Waals surface area contributed by atoms with Gasteiger partial charge in [0.15, 0.2) is 0 Å². The first kappa shape index (κ1) is 16.5. The first-order valence-electron chi connectivity index (χ1n) is 8.01. The van der Waals surface area contributed by atoms with Gasteiger partial charge in [-0.1, -0.05) is 0 Å². The number of rotatable bonds is 5. The lowest BCUT2D eigenvalue weighted by molar-refractivity contribution is -0.117. The molecule has 2 aromatic rings. The largest absolute Gasteiger partial charge is 0.381 e. The summed E-state index contributed by atoms with van der Waals surface area (Å²) in [6.45, 7) is 0. The molecule has 24 heavy (non-hydrogen) atoms. The third-order valence-electron chi connectivity index (χ3n) is 4.45. The highest BCUT2D eigenvalue weighted by molar-refractivity contribution is 5.91. The Balaban J connectivity index is 1.61. The Bertz CT molecular complexity index is 684. The fourth-order valence-corrected chi connectivity index (χ4v) is 3.08. The third kappa shape index (κ3) is 3.94. The van der Waals surface area contributed by atoms with Gasteiger partial charge < -0.3 is 10.1 Å². The van der Waals surface area contributed by atoms with Crippen LogP contribution >= 0.6 is 0 Å². The number of anilines is 1. The van der Waals surface area contributed by atoms with Crippen LogP contribution in [0.5, 0.6) is 0 Å². The highest BCUT2D eigenvalue weighted by atomic mass is 19.1. The van der Waals surface area contributed by atoms with Crippen LogP contribution in [-0.4, -0.2) is 39.7 Å². The number of amides is 1. The number of ether oxygens (including phenoxy) is 1. The highest BCUT2D eigenvalue weighted by Gasteiger charge is 2.23. The molecule has 128 valence electrons. The van der Waals surface area contributed by atoms with Gasteiger partial charge in [0.1, 0.15) is 5.82 Å². The molecule has 0 bridgehead atoms. The van der Waals surface area contributed by atoms with Crippen molar-refractivity contribution in [3.63, 3.8) is 0 Å². The number of aromatic nitrogens is 4. The topological polar surface area (TPSA) is 92.8 Å². The van der Waals surface area contributed by atoms with Crippen LogP contribution in [0.25, 0.3) is 11.4 Å². The van der Waals surface area contributed by atoms with Gasteiger partial charge in [-0.25, -0.2) is 4.39 Å². The van der Waals surface area contributed by atoms with Crippen LogP contribution < -0.4 is 5.32 Å². The van der Waals surface area contributed by atoms with Crippen molar-refractivity contribution < 1.29 is 13.9 Å². The van der Waals surface area contributed by atoms with Crippen molar-refractivity contribution in [2.75, 3.05) is 12.4 Å². The smallest absolute Gasteiger partial charge is 0.224 e. The number of methoxy groups -OCH3 is 1. The van der Waals surface area contributed by atoms with Gasteiger partial charge in [-0.3, -0.25) is 4.79 Å². The van der Waals surface area contributed by atoms with Gasteiger partial charge in [0.05, 0.1) is 11.8 Å². The molecule has 1 aromatic carbocycles. The molecule has 3 rings (SSSR count). The molecule has 1 aliphatic rings. The lowest BCUT2D eigenvalue weighted by Gasteiger charge is -2.27. The van der Waals surface area contributed by atoms with Crippen LogP contribution in [0, 0.1) is 11.7 Å². The summed E-state index contributed by atoms with van der Waals surface area (Å²) in [4.78, 5) is 12.2. The molecule has 1 fully saturated rings. The van der Waals surface area contributed by atoms with Gasteiger partial charge in [-0.05, 0) is 55.0 Å². The van der Waals surface area contributed by atoms with Gasteiger partial charge in [0, 0.05) is 19.1 Å². The summed E-state index contributed by atoms with van der Waals surface area (Å²) in [5.41, 5.74) is 0.717. The molecule has 0 unspecified atom stereocenters. The average Bonchev–Trinajstić information content (AvgIpc) is 3.12. The number of halogens is 1. The Morgan fingerprint density at radius 1 is 1.38 bits per heavy atom. The maximum absolute atomic E-state index is 14.0. The second-order valence-electron chi connectivity index (χ2n) is 6.06. The zero-order valence-electron chi connectivity index (χ0n) is 13.5. The molecule has 0 saturated heterocycles. The van der Waals surface area contributed by atoms with E-state index in [9.17, 15) is 9.18 Å². The van der Waals surface area contributed by atoms with E-state index in [4.69, 9.17) is 4.74 Å². The number of nitrogens with one attached hydrogen (secondary N) is 2. The van der Waals surface area contributed by atoms with Gasteiger partial charge in [0.25, 0.3) is 0 Å². The van der Waals surface area contributed by atoms with Gasteiger partial charge in [-0.2, -0.15) is 5.21 Å². The number of hydrogen-bond acceptors (Lipinski definition) is 5. The first-order valence-corrected chi connectivity index (χ1v) is 8.01. The van der Waals surface area contributed by atoms with Crippen molar-refractivity contribution in [3.8, 4) is 11.4 Å². The number of nitrogens with zero attached hydrogens (tertiary/aromatic N) is 3. The lowest BCUT2D eigenvalue weighted by atomic mass is 9.85. The molecule has 1 heterocycles. The van der Waals surface area contributed by atoms with E-state index in [2.05, 4.69) is 25.9 Å². The number of benzene rings is 1. The van der Waals surface area contributed by atoms with E-state index in [0.717, 1.165) is 25.7 Å². The quantitative estimate of drug-likeness (QED) is 0.877. The summed E-state index contributed by atoms with van der Waals surface area (Å²) in [6, 6.07) is 4.34. The molecule has 1 aliphatic carbocycles. The Morgan fingerprint density at radius 3 is 2.83 bits per heavy atom. The maximum Gasteiger partial charge on any atom is 0.224 e. The summed E-state index contributed by atoms with van der Waals surface area (Å²) in [5.74, 6) is 0.00181. The highest BCUT2D eigenvalue weighted by Crippen LogP contribution is 2.29. The summed E-state index contributed by atoms with van der Waals surface area (Å²) in [5, 5.41) is 16.2. The van der Waals surface area contributed by atoms with Crippen LogP contribution in [0.4, 0.5) is 10.1 Å². The van der Waals surface area contributed by atoms with Crippen molar-refractivity contribution in [3.05, 3.63) is 24.0 Å². The second-order valence-corrected chi connectivity index (χ2v) is 6.06. The van der Waals surface area contributed by atoms with E-state index in [1.54, 1.807) is 13.2 Å². The Labute approximate surface area is 139 Å². The summed E-state index contributed by atoms with van der Waals surface area (Å²) in [6.07, 6.45) is 4.54. The van der Waals surface area contributed by atoms with Crippen molar-refractivity contribution >= 4 is 11.6 Å². The molecule has 2 N–H and O–H groups in total. The Hall–Kier alpha value is -2.35. The predicted octanol–water partition coefficient (Wildman–Crippen LogP) is 2.54. The minimum absolute atomic E-state index is 0.132. The fraction of sp³-hybridized carbons (Fsp3) is 0.500. The number of aromatic amines is 1. The zero-order valence-corrected chi connectivity index (χ0v) is 13.5. The Kier molecular flexibility index (Phi) is 5.14. The standard InChI is InChI=1S/C16H20FN5O2/c1-24-12-5-2-10(3-6-12)8-15(23)18-14-9-11(4-7-13(14)17)16-19-21-22-20-16/h4,7,9-10,12H,2-3,5-6,8H2,1H3,(H,18,23)(H,19,20,21,22). The van der Waals surface area contributed by atoms with Crippen molar-refractivity contribution in [2.45, 2.75) is 38.2 Å². The first-order chi connectivity index (χ1) is 11.7. The molecular weight excluding hydrogens is 313 g/mol. The zero-order chi connectivity index (χ0) is 16.9. The lowest BCUT2D eigenvalue weighted by Crippen LogP contribution is -2.24. The SMILES string of the molecule is COC1CCC(CC(=O)Nc2cc(-c3nn[nH]n3)ccc2F)CC1. The van der Waals surface area contributed by atoms with Crippen LogP contribution in [-0.2, 0) is 9.53 Å². The molecule has 0 atom stereocenters. The molecule has 8 heteroatoms. The summed E-state index contributed by atoms with van der Waals surface area (Å²) in [7, 11) is 1.72. The fourth-order valence-electron chi connectivity index (χ4n) is 3.08. The molecule has 1 amide bonds. The van der Waals surface area contributed by atoms with E-state index in [0.29, 0.717) is 29.8 Å². The van der Waals surface area contributed by atoms with Gasteiger partial charge >= 0.3 is 0 Å². The van der Waals surface area contributed by atoms with Crippen molar-refractivity contribution in [1.82, 2.24) is 20.6 Å². The van der Waals surface area contributed by atoms with Crippen LogP contribution in [0.15, 0.2) is 18.2 Å². The number of carbonyl (C=O) groups excluding carboxylic acids is 1. The minimum Gasteiger partial charge on any atom is -0.381 e. The van der Waals surface area contributed by atoms with Crippen molar-refractivity contribution in [2.24, 2.45) is 5.92 Å². The second kappa shape index (κ2) is 7.48. The molecule has 1 saturated carbocycles. The third-order valence-corrected chi connectivity index (χ3v) is 4.45. The molecular formula is C16H20FN5O2. The molecule has 0 radical (unpaired) electrons. The number of tetrazole rings is 1. The van der Waals surface area contributed by atoms with E-state index in [1.165, 1.54) is 12.1 Å². The van der Waals surface area contributed by atoms with Crippen LogP contribution in [0.2, 0.25) is 0 Å². The summed E-state index contributed by atoms with van der Waals surface area (Å²) < 4.78 is 19.3. The van der Waals surface area contributed by atoms with E-state index >= 15 is 0 Å². The average molecular weight is 333 g/mol. The van der Waals surface area contributed by atoms with Crippen molar-refractivity contribution in [1.29, 1.82) is 0 Å². The molecule has 0 aliphatic heterocycles. The van der Waals surface area contributed by atoms with E-state index < -0.39 is 5.82 Å². The van der Waals surface area contributed by atoms with E-state index in [-0.39, 0.29) is 11.6 Å². The minimum atomic E-state index is -0.487. The summed E-state index contributed by atoms with van der Waals surface area (Å²) >= 11 is 0. The number of H-pyrrole nitrogens is 1. The van der Waals surface area contributed by atoms with Gasteiger partial charge in [0.2, 0.25) is 11.7 Å². The Morgan fingerprint density at radius 2 is 2.17 bits per heavy atom. The number of carbonyl (C=O) groups is 1. The van der Waals surface area contributed by atoms with E-state index in [1.807, 2.05) is 0 Å². The molecule has 0 spiro atoms. The maximum atomic E-state index is 14.0. The van der Waals surface area contributed by atoms with Gasteiger partial charge in [-0.15, -0.1) is 10.2 Å². The number of hydrogen-bond donors (Lipinski definition) is 2. The monoisotopic (exact) mass is 333 g/mol. The molecule has 1 aromatic heterocycles. The van der Waals surface area contributed by atoms with Crippen LogP contribution in [0.3, 0.4) is 0 Å². The molecule has 7 nitrogen and oxygen atoms in total. The van der Waals surface area contributed by atoms with Crippen LogP contribution in [0.1, 0.15) is 32.1 Å². The predicted molar refractivity (Wildman–Crippen MR) is 85.6 cm³/mol. The normalized spacial score (nSPS) is 20.8.